The van der Waals surface area contributed by atoms with E-state index >= 15 is 0 Å². The van der Waals surface area contributed by atoms with E-state index in [1.54, 1.807) is 7.05 Å². The molecule has 5 atom stereocenters. The van der Waals surface area contributed by atoms with Gasteiger partial charge in [-0.1, -0.05) is 12.8 Å². The number of nitrogens with one attached hydrogen (secondary N) is 5. The second-order valence-electron chi connectivity index (χ2n) is 10.1. The lowest BCUT2D eigenvalue weighted by Gasteiger charge is -2.16. The van der Waals surface area contributed by atoms with Crippen LogP contribution in [0.4, 0.5) is 4.79 Å². The molecule has 0 aromatic rings. The van der Waals surface area contributed by atoms with Crippen molar-refractivity contribution in [1.29, 1.82) is 0 Å². The maximum Gasteiger partial charge on any atom is 0.315 e. The average Bonchev–Trinajstić information content (AvgIpc) is 3.53. The molecule has 3 saturated heterocycles. The molecule has 12 nitrogen and oxygen atoms in total. The number of likely N-dealkylation sites (tertiary alicyclic amines) is 1. The van der Waals surface area contributed by atoms with E-state index in [0.717, 1.165) is 18.6 Å². The lowest BCUT2D eigenvalue weighted by Crippen LogP contribution is -2.41. The highest BCUT2D eigenvalue weighted by Gasteiger charge is 2.42. The number of carbonyl (C=O) groups excluding carboxylic acids is 6. The first kappa shape index (κ1) is 31.2. The number of urea groups is 1. The van der Waals surface area contributed by atoms with Gasteiger partial charge in [0.25, 0.3) is 0 Å². The summed E-state index contributed by atoms with van der Waals surface area (Å²) in [6.07, 6.45) is 5.04. The normalized spacial score (nSPS) is 24.8. The topological polar surface area (TPSA) is 166 Å². The van der Waals surface area contributed by atoms with Gasteiger partial charge in [-0.25, -0.2) is 4.79 Å². The number of hydrogen-bond acceptors (Lipinski definition) is 9. The number of imide groups is 1. The second kappa shape index (κ2) is 15.5. The Hall–Kier alpha value is -2.32. The highest BCUT2D eigenvalue weighted by Crippen LogP contribution is 2.33. The second-order valence-corrected chi connectivity index (χ2v) is 12.6. The molecule has 0 bridgehead atoms. The highest BCUT2D eigenvalue weighted by atomic mass is 32.2. The van der Waals surface area contributed by atoms with Crippen molar-refractivity contribution in [1.82, 2.24) is 31.7 Å². The van der Waals surface area contributed by atoms with Crippen molar-refractivity contribution in [3.8, 4) is 0 Å². The SMILES string of the molecule is CN[C@@H](CSC1CC(=O)N(CCCCCC(=O)NNC(=O)CCCC[C@@H]2SC[C@@H]3NC(=O)N[C@@H]32)C1=O)C(C)=O. The third-order valence-electron chi connectivity index (χ3n) is 7.21. The molecule has 0 aromatic heterocycles. The molecule has 3 heterocycles. The average molecular weight is 585 g/mol. The van der Waals surface area contributed by atoms with Gasteiger partial charge in [0.05, 0.1) is 23.4 Å². The Balaban J connectivity index is 1.19. The molecule has 0 aromatic carbocycles. The minimum Gasteiger partial charge on any atom is -0.332 e. The summed E-state index contributed by atoms with van der Waals surface area (Å²) >= 11 is 3.18. The van der Waals surface area contributed by atoms with Crippen LogP contribution >= 0.6 is 23.5 Å². The monoisotopic (exact) mass is 584 g/mol. The number of likely N-dealkylation sites (N-methyl/N-ethyl adjacent to an activating group) is 1. The van der Waals surface area contributed by atoms with Crippen LogP contribution in [-0.4, -0.2) is 94.1 Å². The van der Waals surface area contributed by atoms with Crippen LogP contribution in [0.2, 0.25) is 0 Å². The molecular weight excluding hydrogens is 544 g/mol. The predicted octanol–water partition coefficient (Wildman–Crippen LogP) is 0.458. The van der Waals surface area contributed by atoms with Gasteiger partial charge in [-0.15, -0.1) is 11.8 Å². The van der Waals surface area contributed by atoms with Gasteiger partial charge in [0.15, 0.2) is 0 Å². The van der Waals surface area contributed by atoms with Crippen molar-refractivity contribution in [2.75, 3.05) is 25.1 Å². The van der Waals surface area contributed by atoms with Crippen molar-refractivity contribution in [3.05, 3.63) is 0 Å². The molecule has 1 unspecified atom stereocenters. The molecule has 6 amide bonds. The number of nitrogens with zero attached hydrogens (tertiary/aromatic N) is 1. The maximum atomic E-state index is 12.6. The van der Waals surface area contributed by atoms with E-state index in [1.807, 2.05) is 11.8 Å². The summed E-state index contributed by atoms with van der Waals surface area (Å²) in [6.45, 7) is 1.81. The Morgan fingerprint density at radius 1 is 1.03 bits per heavy atom. The first-order valence-electron chi connectivity index (χ1n) is 13.6. The molecule has 3 fully saturated rings. The number of amides is 6. The number of thioether (sulfide) groups is 2. The van der Waals surface area contributed by atoms with Crippen LogP contribution in [0.25, 0.3) is 0 Å². The zero-order valence-corrected chi connectivity index (χ0v) is 24.2. The lowest BCUT2D eigenvalue weighted by molar-refractivity contribution is -0.138. The van der Waals surface area contributed by atoms with Crippen molar-refractivity contribution in [3.63, 3.8) is 0 Å². The van der Waals surface area contributed by atoms with Gasteiger partial charge in [0.1, 0.15) is 5.78 Å². The van der Waals surface area contributed by atoms with Gasteiger partial charge in [-0.3, -0.25) is 39.7 Å². The number of hydrogen-bond donors (Lipinski definition) is 5. The van der Waals surface area contributed by atoms with Crippen LogP contribution < -0.4 is 26.8 Å². The van der Waals surface area contributed by atoms with E-state index < -0.39 is 5.25 Å². The number of rotatable bonds is 16. The molecular formula is C25H40N6O6S2. The van der Waals surface area contributed by atoms with Crippen molar-refractivity contribution in [2.45, 2.75) is 93.3 Å². The summed E-state index contributed by atoms with van der Waals surface area (Å²) in [4.78, 5) is 73.2. The van der Waals surface area contributed by atoms with Gasteiger partial charge in [-0.05, 0) is 39.7 Å². The van der Waals surface area contributed by atoms with Gasteiger partial charge in [0, 0.05) is 42.6 Å². The number of ketones is 1. The molecule has 218 valence electrons. The van der Waals surface area contributed by atoms with Crippen molar-refractivity contribution >= 4 is 59.0 Å². The van der Waals surface area contributed by atoms with E-state index in [1.165, 1.54) is 23.6 Å². The van der Waals surface area contributed by atoms with Gasteiger partial charge < -0.3 is 16.0 Å². The van der Waals surface area contributed by atoms with E-state index in [2.05, 4.69) is 26.8 Å². The smallest absolute Gasteiger partial charge is 0.315 e. The number of carbonyl (C=O) groups is 6. The quantitative estimate of drug-likeness (QED) is 0.0750. The highest BCUT2D eigenvalue weighted by molar-refractivity contribution is 8.00. The molecule has 39 heavy (non-hydrogen) atoms. The Morgan fingerprint density at radius 2 is 1.72 bits per heavy atom. The predicted molar refractivity (Wildman–Crippen MR) is 150 cm³/mol. The van der Waals surface area contributed by atoms with Crippen molar-refractivity contribution in [2.24, 2.45) is 0 Å². The molecule has 3 rings (SSSR count). The number of hydrazine groups is 1. The molecule has 0 saturated carbocycles. The third-order valence-corrected chi connectivity index (χ3v) is 10.0. The molecule has 0 spiro atoms. The fourth-order valence-electron chi connectivity index (χ4n) is 4.91. The summed E-state index contributed by atoms with van der Waals surface area (Å²) in [7, 11) is 1.69. The van der Waals surface area contributed by atoms with E-state index in [9.17, 15) is 28.8 Å². The van der Waals surface area contributed by atoms with Gasteiger partial charge >= 0.3 is 6.03 Å². The number of unbranched alkanes of at least 4 members (excludes halogenated alkanes) is 3. The Bertz CT molecular complexity index is 937. The minimum atomic E-state index is -0.455. The van der Waals surface area contributed by atoms with Gasteiger partial charge in [0.2, 0.25) is 23.6 Å². The summed E-state index contributed by atoms with van der Waals surface area (Å²) < 4.78 is 0. The van der Waals surface area contributed by atoms with Crippen LogP contribution in [-0.2, 0) is 24.0 Å². The largest absolute Gasteiger partial charge is 0.332 e. The standard InChI is InChI=1S/C25H40N6O6S2/c1-15(32)16(26-2)13-39-19-12-22(35)31(24(19)36)11-7-3-4-9-20(33)29-30-21(34)10-6-5-8-18-23-17(14-38-18)27-25(37)28-23/h16-19,23,26H,3-14H2,1-2H3,(H,29,33)(H,30,34)(H2,27,28,37)/t16-,17-,18-,19?,23-/m0/s1. The zero-order chi connectivity index (χ0) is 28.4. The molecule has 3 aliphatic heterocycles. The molecule has 5 N–H and O–H groups in total. The maximum absolute atomic E-state index is 12.6. The zero-order valence-electron chi connectivity index (χ0n) is 22.6. The fraction of sp³-hybridized carbons (Fsp3) is 0.760. The van der Waals surface area contributed by atoms with E-state index in [0.29, 0.717) is 49.7 Å². The number of fused-ring (bicyclic) bond motifs is 1. The summed E-state index contributed by atoms with van der Waals surface area (Å²) in [5.41, 5.74) is 4.89. The van der Waals surface area contributed by atoms with Crippen LogP contribution in [0.5, 0.6) is 0 Å². The third kappa shape index (κ3) is 9.38. The van der Waals surface area contributed by atoms with Crippen molar-refractivity contribution < 1.29 is 28.8 Å². The van der Waals surface area contributed by atoms with Crippen LogP contribution in [0.15, 0.2) is 0 Å². The van der Waals surface area contributed by atoms with E-state index in [-0.39, 0.29) is 66.4 Å². The first-order valence-corrected chi connectivity index (χ1v) is 15.7. The molecule has 0 aliphatic carbocycles. The van der Waals surface area contributed by atoms with Gasteiger partial charge in [-0.2, -0.15) is 11.8 Å². The number of Topliss-reactive ketones (excluding diaryl/α,β-unsaturated/α-hetero) is 1. The summed E-state index contributed by atoms with van der Waals surface area (Å²) in [5, 5.41) is 8.70. The minimum absolute atomic E-state index is 0.00531. The van der Waals surface area contributed by atoms with Crippen LogP contribution in [0.1, 0.15) is 64.7 Å². The Kier molecular flexibility index (Phi) is 12.4. The summed E-state index contributed by atoms with van der Waals surface area (Å²) in [6, 6.07) is -0.0776. The lowest BCUT2D eigenvalue weighted by atomic mass is 10.0. The van der Waals surface area contributed by atoms with Crippen LogP contribution in [0.3, 0.4) is 0 Å². The van der Waals surface area contributed by atoms with Crippen LogP contribution in [0, 0.1) is 0 Å². The Labute approximate surface area is 237 Å². The molecule has 14 heteroatoms. The molecule has 0 radical (unpaired) electrons. The summed E-state index contributed by atoms with van der Waals surface area (Å²) in [5.74, 6) is 0.417. The molecule has 3 aliphatic rings. The Morgan fingerprint density at radius 3 is 2.38 bits per heavy atom. The van der Waals surface area contributed by atoms with E-state index in [4.69, 9.17) is 0 Å². The fourth-order valence-corrected chi connectivity index (χ4v) is 7.80. The first-order chi connectivity index (χ1) is 18.7.